The monoisotopic (exact) mass is 280 g/mol. The molecule has 1 atom stereocenters. The van der Waals surface area contributed by atoms with Gasteiger partial charge in [0.15, 0.2) is 5.78 Å². The van der Waals surface area contributed by atoms with Gasteiger partial charge in [-0.2, -0.15) is 0 Å². The summed E-state index contributed by atoms with van der Waals surface area (Å²) < 4.78 is 5.08. The maximum atomic E-state index is 12.5. The van der Waals surface area contributed by atoms with Gasteiger partial charge < -0.3 is 4.74 Å². The lowest BCUT2D eigenvalue weighted by Crippen LogP contribution is -2.40. The second kappa shape index (κ2) is 6.51. The first-order valence-corrected chi connectivity index (χ1v) is 7.83. The Morgan fingerprint density at radius 1 is 1.20 bits per heavy atom. The quantitative estimate of drug-likeness (QED) is 0.574. The zero-order chi connectivity index (χ0) is 14.6. The van der Waals surface area contributed by atoms with Gasteiger partial charge in [-0.1, -0.05) is 19.3 Å². The first kappa shape index (κ1) is 15.2. The molecule has 0 bridgehead atoms. The molecule has 2 aliphatic rings. The highest BCUT2D eigenvalue weighted by Crippen LogP contribution is 2.41. The Morgan fingerprint density at radius 2 is 1.90 bits per heavy atom. The van der Waals surface area contributed by atoms with E-state index in [1.54, 1.807) is 6.92 Å². The van der Waals surface area contributed by atoms with Crippen molar-refractivity contribution in [1.82, 2.24) is 0 Å². The molecule has 2 fully saturated rings. The highest BCUT2D eigenvalue weighted by molar-refractivity contribution is 6.08. The van der Waals surface area contributed by atoms with E-state index >= 15 is 0 Å². The van der Waals surface area contributed by atoms with Crippen molar-refractivity contribution in [2.75, 3.05) is 6.61 Å². The maximum absolute atomic E-state index is 12.5. The van der Waals surface area contributed by atoms with Crippen molar-refractivity contribution in [1.29, 1.82) is 0 Å². The smallest absolute Gasteiger partial charge is 0.320 e. The Kier molecular flexibility index (Phi) is 4.95. The number of ketones is 2. The van der Waals surface area contributed by atoms with Gasteiger partial charge in [0.1, 0.15) is 11.2 Å². The number of hydrogen-bond acceptors (Lipinski definition) is 4. The van der Waals surface area contributed by atoms with E-state index in [2.05, 4.69) is 0 Å². The van der Waals surface area contributed by atoms with E-state index in [1.807, 2.05) is 0 Å². The molecule has 0 N–H and O–H groups in total. The second-order valence-electron chi connectivity index (χ2n) is 6.06. The molecular weight excluding hydrogens is 256 g/mol. The molecule has 0 amide bonds. The Hall–Kier alpha value is -1.19. The number of ether oxygens (including phenoxy) is 1. The molecule has 2 rings (SSSR count). The number of carbonyl (C=O) groups is 3. The largest absolute Gasteiger partial charge is 0.465 e. The Balaban J connectivity index is 2.09. The zero-order valence-corrected chi connectivity index (χ0v) is 12.3. The summed E-state index contributed by atoms with van der Waals surface area (Å²) in [7, 11) is 0. The molecule has 2 aliphatic carbocycles. The topological polar surface area (TPSA) is 60.4 Å². The summed E-state index contributed by atoms with van der Waals surface area (Å²) in [4.78, 5) is 36.8. The normalized spacial score (nSPS) is 27.6. The van der Waals surface area contributed by atoms with Crippen LogP contribution in [0.2, 0.25) is 0 Å². The van der Waals surface area contributed by atoms with Crippen LogP contribution in [0, 0.1) is 11.3 Å². The van der Waals surface area contributed by atoms with E-state index in [9.17, 15) is 14.4 Å². The highest BCUT2D eigenvalue weighted by atomic mass is 16.5. The van der Waals surface area contributed by atoms with Crippen LogP contribution in [-0.2, 0) is 19.1 Å². The van der Waals surface area contributed by atoms with Crippen molar-refractivity contribution in [3.05, 3.63) is 0 Å². The van der Waals surface area contributed by atoms with E-state index in [0.29, 0.717) is 19.3 Å². The summed E-state index contributed by atoms with van der Waals surface area (Å²) in [6, 6.07) is 0. The highest BCUT2D eigenvalue weighted by Gasteiger charge is 2.51. The number of esters is 1. The van der Waals surface area contributed by atoms with Gasteiger partial charge in [0.25, 0.3) is 0 Å². The average Bonchev–Trinajstić information content (AvgIpc) is 2.82. The first-order valence-electron chi connectivity index (χ1n) is 7.83. The Morgan fingerprint density at radius 3 is 2.45 bits per heavy atom. The molecule has 0 aliphatic heterocycles. The molecule has 2 saturated carbocycles. The molecule has 0 aromatic rings. The van der Waals surface area contributed by atoms with Gasteiger partial charge in [-0.15, -0.1) is 0 Å². The Labute approximate surface area is 120 Å². The SMILES string of the molecule is CCOC(=O)[C@]1(CC(=O)C2CCCCC2)CCCC1=O. The van der Waals surface area contributed by atoms with Crippen LogP contribution in [0.3, 0.4) is 0 Å². The van der Waals surface area contributed by atoms with Gasteiger partial charge in [-0.05, 0) is 32.6 Å². The predicted octanol–water partition coefficient (Wildman–Crippen LogP) is 2.83. The van der Waals surface area contributed by atoms with E-state index in [1.165, 1.54) is 6.42 Å². The fourth-order valence-corrected chi connectivity index (χ4v) is 3.54. The fraction of sp³-hybridized carbons (Fsp3) is 0.812. The van der Waals surface area contributed by atoms with E-state index in [0.717, 1.165) is 25.7 Å². The van der Waals surface area contributed by atoms with Crippen LogP contribution in [0.1, 0.15) is 64.7 Å². The third-order valence-electron chi connectivity index (χ3n) is 4.74. The van der Waals surface area contributed by atoms with Crippen LogP contribution in [0.25, 0.3) is 0 Å². The summed E-state index contributed by atoms with van der Waals surface area (Å²) >= 11 is 0. The minimum Gasteiger partial charge on any atom is -0.465 e. The lowest BCUT2D eigenvalue weighted by molar-refractivity contribution is -0.161. The molecule has 0 aromatic carbocycles. The number of carbonyl (C=O) groups excluding carboxylic acids is 3. The van der Waals surface area contributed by atoms with E-state index < -0.39 is 11.4 Å². The zero-order valence-electron chi connectivity index (χ0n) is 12.3. The van der Waals surface area contributed by atoms with Crippen molar-refractivity contribution in [3.63, 3.8) is 0 Å². The maximum Gasteiger partial charge on any atom is 0.320 e. The third-order valence-corrected chi connectivity index (χ3v) is 4.74. The van der Waals surface area contributed by atoms with Crippen molar-refractivity contribution < 1.29 is 19.1 Å². The molecule has 112 valence electrons. The van der Waals surface area contributed by atoms with Crippen LogP contribution in [0.5, 0.6) is 0 Å². The molecule has 4 nitrogen and oxygen atoms in total. The lowest BCUT2D eigenvalue weighted by atomic mass is 9.75. The molecular formula is C16H24O4. The third kappa shape index (κ3) is 2.94. The van der Waals surface area contributed by atoms with Crippen molar-refractivity contribution >= 4 is 17.5 Å². The summed E-state index contributed by atoms with van der Waals surface area (Å²) in [6.45, 7) is 1.99. The van der Waals surface area contributed by atoms with Gasteiger partial charge in [-0.3, -0.25) is 14.4 Å². The van der Waals surface area contributed by atoms with Crippen LogP contribution in [-0.4, -0.2) is 24.1 Å². The van der Waals surface area contributed by atoms with Gasteiger partial charge in [0.05, 0.1) is 6.61 Å². The minimum absolute atomic E-state index is 0.0449. The molecule has 4 heteroatoms. The van der Waals surface area contributed by atoms with Crippen molar-refractivity contribution in [3.8, 4) is 0 Å². The van der Waals surface area contributed by atoms with Crippen LogP contribution in [0.4, 0.5) is 0 Å². The molecule has 0 spiro atoms. The summed E-state index contributed by atoms with van der Waals surface area (Å²) in [5.74, 6) is -0.441. The average molecular weight is 280 g/mol. The van der Waals surface area contributed by atoms with Gasteiger partial charge in [-0.25, -0.2) is 0 Å². The summed E-state index contributed by atoms with van der Waals surface area (Å²) in [6.07, 6.45) is 6.79. The summed E-state index contributed by atoms with van der Waals surface area (Å²) in [5, 5.41) is 0. The van der Waals surface area contributed by atoms with E-state index in [4.69, 9.17) is 4.74 Å². The Bertz CT molecular complexity index is 395. The lowest BCUT2D eigenvalue weighted by Gasteiger charge is -2.27. The van der Waals surface area contributed by atoms with Crippen LogP contribution < -0.4 is 0 Å². The minimum atomic E-state index is -1.16. The fourth-order valence-electron chi connectivity index (χ4n) is 3.54. The first-order chi connectivity index (χ1) is 9.60. The second-order valence-corrected chi connectivity index (χ2v) is 6.06. The van der Waals surface area contributed by atoms with Gasteiger partial charge in [0, 0.05) is 18.8 Å². The molecule has 0 unspecified atom stereocenters. The number of Topliss-reactive ketones (excluding diaryl/α,β-unsaturated/α-hetero) is 2. The summed E-state index contributed by atoms with van der Waals surface area (Å²) in [5.41, 5.74) is -1.16. The molecule has 0 saturated heterocycles. The molecule has 20 heavy (non-hydrogen) atoms. The van der Waals surface area contributed by atoms with E-state index in [-0.39, 0.29) is 30.5 Å². The van der Waals surface area contributed by atoms with Crippen LogP contribution in [0.15, 0.2) is 0 Å². The molecule has 0 radical (unpaired) electrons. The van der Waals surface area contributed by atoms with Crippen LogP contribution >= 0.6 is 0 Å². The predicted molar refractivity (Wildman–Crippen MR) is 74.1 cm³/mol. The van der Waals surface area contributed by atoms with Gasteiger partial charge >= 0.3 is 5.97 Å². The molecule has 0 aromatic heterocycles. The van der Waals surface area contributed by atoms with Crippen molar-refractivity contribution in [2.45, 2.75) is 64.7 Å². The number of hydrogen-bond donors (Lipinski definition) is 0. The van der Waals surface area contributed by atoms with Crippen molar-refractivity contribution in [2.24, 2.45) is 11.3 Å². The molecule has 0 heterocycles. The number of rotatable bonds is 5. The van der Waals surface area contributed by atoms with Gasteiger partial charge in [0.2, 0.25) is 0 Å². The standard InChI is InChI=1S/C16H24O4/c1-2-20-15(19)16(10-6-9-14(16)18)11-13(17)12-7-4-3-5-8-12/h12H,2-11H2,1H3/t16-/m0/s1.